The third-order valence-electron chi connectivity index (χ3n) is 3.42. The van der Waals surface area contributed by atoms with Crippen molar-refractivity contribution in [3.8, 4) is 6.07 Å². The Labute approximate surface area is 122 Å². The van der Waals surface area contributed by atoms with Crippen LogP contribution in [0.3, 0.4) is 0 Å². The molecule has 0 bridgehead atoms. The lowest BCUT2D eigenvalue weighted by Crippen LogP contribution is -2.01. The number of benzene rings is 3. The van der Waals surface area contributed by atoms with Crippen LogP contribution in [0.15, 0.2) is 60.7 Å². The summed E-state index contributed by atoms with van der Waals surface area (Å²) in [4.78, 5) is 0. The lowest BCUT2D eigenvalue weighted by molar-refractivity contribution is 0.623. The van der Waals surface area contributed by atoms with Gasteiger partial charge in [0.1, 0.15) is 11.9 Å². The molecule has 0 amide bonds. The molecule has 0 heterocycles. The van der Waals surface area contributed by atoms with Crippen LogP contribution in [0, 0.1) is 17.1 Å². The number of fused-ring (bicyclic) bond motifs is 1. The highest BCUT2D eigenvalue weighted by Crippen LogP contribution is 2.23. The van der Waals surface area contributed by atoms with E-state index in [1.54, 1.807) is 12.1 Å². The molecule has 3 rings (SSSR count). The highest BCUT2D eigenvalue weighted by atomic mass is 19.1. The monoisotopic (exact) mass is 276 g/mol. The topological polar surface area (TPSA) is 35.8 Å². The van der Waals surface area contributed by atoms with Crippen molar-refractivity contribution in [3.63, 3.8) is 0 Å². The minimum absolute atomic E-state index is 0.0761. The fraction of sp³-hybridized carbons (Fsp3) is 0.0556. The second-order valence-electron chi connectivity index (χ2n) is 4.81. The molecule has 0 aliphatic heterocycles. The van der Waals surface area contributed by atoms with E-state index in [1.165, 1.54) is 11.5 Å². The number of hydrogen-bond donors (Lipinski definition) is 1. The first-order valence-electron chi connectivity index (χ1n) is 6.68. The van der Waals surface area contributed by atoms with E-state index in [4.69, 9.17) is 5.26 Å². The summed E-state index contributed by atoms with van der Waals surface area (Å²) in [6.45, 7) is 0.545. The fourth-order valence-corrected chi connectivity index (χ4v) is 2.34. The Hall–Kier alpha value is -2.86. The first kappa shape index (κ1) is 13.1. The van der Waals surface area contributed by atoms with Crippen molar-refractivity contribution >= 4 is 16.5 Å². The SMILES string of the molecule is N#Cc1cc(CNc2cccc3ccccc23)ccc1F. The maximum atomic E-state index is 13.3. The minimum atomic E-state index is -0.480. The van der Waals surface area contributed by atoms with Crippen molar-refractivity contribution in [2.75, 3.05) is 5.32 Å². The maximum Gasteiger partial charge on any atom is 0.140 e. The standard InChI is InChI=1S/C18H13FN2/c19-17-9-8-13(10-15(17)11-20)12-21-18-7-3-5-14-4-1-2-6-16(14)18/h1-10,21H,12H2. The predicted octanol–water partition coefficient (Wildman–Crippen LogP) is 4.46. The van der Waals surface area contributed by atoms with Crippen LogP contribution in [0.25, 0.3) is 10.8 Å². The third-order valence-corrected chi connectivity index (χ3v) is 3.42. The lowest BCUT2D eigenvalue weighted by atomic mass is 10.1. The average molecular weight is 276 g/mol. The molecule has 0 aromatic heterocycles. The Morgan fingerprint density at radius 1 is 1.00 bits per heavy atom. The molecule has 0 saturated carbocycles. The molecule has 1 N–H and O–H groups in total. The van der Waals surface area contributed by atoms with Crippen LogP contribution >= 0.6 is 0 Å². The molecule has 0 radical (unpaired) electrons. The Balaban J connectivity index is 1.86. The third kappa shape index (κ3) is 2.70. The molecule has 21 heavy (non-hydrogen) atoms. The Morgan fingerprint density at radius 3 is 2.67 bits per heavy atom. The molecule has 0 fully saturated rings. The first-order valence-corrected chi connectivity index (χ1v) is 6.68. The van der Waals surface area contributed by atoms with Crippen LogP contribution in [0.2, 0.25) is 0 Å². The molecule has 0 spiro atoms. The molecule has 102 valence electrons. The summed E-state index contributed by atoms with van der Waals surface area (Å²) in [5, 5.41) is 14.5. The van der Waals surface area contributed by atoms with Gasteiger partial charge in [0, 0.05) is 17.6 Å². The van der Waals surface area contributed by atoms with E-state index in [-0.39, 0.29) is 5.56 Å². The zero-order chi connectivity index (χ0) is 14.7. The van der Waals surface area contributed by atoms with Crippen LogP contribution in [0.1, 0.15) is 11.1 Å². The number of rotatable bonds is 3. The van der Waals surface area contributed by atoms with Crippen molar-refractivity contribution in [1.82, 2.24) is 0 Å². The van der Waals surface area contributed by atoms with Crippen molar-refractivity contribution in [2.24, 2.45) is 0 Å². The van der Waals surface area contributed by atoms with E-state index in [0.717, 1.165) is 16.6 Å². The smallest absolute Gasteiger partial charge is 0.140 e. The average Bonchev–Trinajstić information content (AvgIpc) is 2.54. The Bertz CT molecular complexity index is 829. The summed E-state index contributed by atoms with van der Waals surface area (Å²) >= 11 is 0. The second kappa shape index (κ2) is 5.64. The van der Waals surface area contributed by atoms with Crippen LogP contribution in [-0.4, -0.2) is 0 Å². The van der Waals surface area contributed by atoms with Gasteiger partial charge in [0.2, 0.25) is 0 Å². The van der Waals surface area contributed by atoms with Crippen LogP contribution in [-0.2, 0) is 6.54 Å². The first-order chi connectivity index (χ1) is 10.3. The van der Waals surface area contributed by atoms with Crippen molar-refractivity contribution in [1.29, 1.82) is 5.26 Å². The van der Waals surface area contributed by atoms with Gasteiger partial charge in [0.05, 0.1) is 5.56 Å². The number of hydrogen-bond acceptors (Lipinski definition) is 2. The summed E-state index contributed by atoms with van der Waals surface area (Å²) in [5.74, 6) is -0.480. The summed E-state index contributed by atoms with van der Waals surface area (Å²) in [6, 6.07) is 20.7. The van der Waals surface area contributed by atoms with Gasteiger partial charge in [-0.15, -0.1) is 0 Å². The van der Waals surface area contributed by atoms with Gasteiger partial charge in [-0.05, 0) is 29.1 Å². The van der Waals surface area contributed by atoms with Gasteiger partial charge in [0.15, 0.2) is 0 Å². The normalized spacial score (nSPS) is 10.3. The van der Waals surface area contributed by atoms with Gasteiger partial charge in [0.25, 0.3) is 0 Å². The molecular formula is C18H13FN2. The molecule has 0 aliphatic carbocycles. The molecular weight excluding hydrogens is 263 g/mol. The van der Waals surface area contributed by atoms with Gasteiger partial charge in [-0.3, -0.25) is 0 Å². The van der Waals surface area contributed by atoms with Crippen LogP contribution in [0.5, 0.6) is 0 Å². The van der Waals surface area contributed by atoms with Crippen molar-refractivity contribution in [2.45, 2.75) is 6.54 Å². The molecule has 3 aromatic rings. The van der Waals surface area contributed by atoms with E-state index in [0.29, 0.717) is 6.54 Å². The zero-order valence-electron chi connectivity index (χ0n) is 11.3. The quantitative estimate of drug-likeness (QED) is 0.766. The van der Waals surface area contributed by atoms with E-state index < -0.39 is 5.82 Å². The Morgan fingerprint density at radius 2 is 1.81 bits per heavy atom. The molecule has 3 heteroatoms. The van der Waals surface area contributed by atoms with Gasteiger partial charge >= 0.3 is 0 Å². The fourth-order valence-electron chi connectivity index (χ4n) is 2.34. The van der Waals surface area contributed by atoms with E-state index in [9.17, 15) is 4.39 Å². The summed E-state index contributed by atoms with van der Waals surface area (Å²) in [5.41, 5.74) is 1.98. The van der Waals surface area contributed by atoms with Gasteiger partial charge in [-0.1, -0.05) is 42.5 Å². The molecule has 0 unspecified atom stereocenters. The van der Waals surface area contributed by atoms with Gasteiger partial charge in [-0.2, -0.15) is 5.26 Å². The van der Waals surface area contributed by atoms with Gasteiger partial charge in [-0.25, -0.2) is 4.39 Å². The number of nitrogens with one attached hydrogen (secondary N) is 1. The summed E-state index contributed by atoms with van der Waals surface area (Å²) < 4.78 is 13.3. The molecule has 3 aromatic carbocycles. The van der Waals surface area contributed by atoms with E-state index in [1.807, 2.05) is 30.3 Å². The summed E-state index contributed by atoms with van der Waals surface area (Å²) in [7, 11) is 0. The lowest BCUT2D eigenvalue weighted by Gasteiger charge is -2.10. The molecule has 2 nitrogen and oxygen atoms in total. The van der Waals surface area contributed by atoms with Crippen LogP contribution in [0.4, 0.5) is 10.1 Å². The minimum Gasteiger partial charge on any atom is -0.380 e. The molecule has 0 saturated heterocycles. The number of anilines is 1. The predicted molar refractivity (Wildman–Crippen MR) is 82.4 cm³/mol. The highest BCUT2D eigenvalue weighted by Gasteiger charge is 2.04. The largest absolute Gasteiger partial charge is 0.380 e. The van der Waals surface area contributed by atoms with E-state index in [2.05, 4.69) is 23.5 Å². The Kier molecular flexibility index (Phi) is 3.53. The second-order valence-corrected chi connectivity index (χ2v) is 4.81. The number of nitrogens with zero attached hydrogens (tertiary/aromatic N) is 1. The van der Waals surface area contributed by atoms with Crippen molar-refractivity contribution < 1.29 is 4.39 Å². The number of nitriles is 1. The van der Waals surface area contributed by atoms with E-state index >= 15 is 0 Å². The number of halogens is 1. The molecule has 0 aliphatic rings. The summed E-state index contributed by atoms with van der Waals surface area (Å²) in [6.07, 6.45) is 0. The maximum absolute atomic E-state index is 13.3. The molecule has 0 atom stereocenters. The highest BCUT2D eigenvalue weighted by molar-refractivity contribution is 5.93. The zero-order valence-corrected chi connectivity index (χ0v) is 11.3. The van der Waals surface area contributed by atoms with Gasteiger partial charge < -0.3 is 5.32 Å². The van der Waals surface area contributed by atoms with Crippen LogP contribution < -0.4 is 5.32 Å². The van der Waals surface area contributed by atoms with Crippen molar-refractivity contribution in [3.05, 3.63) is 77.6 Å².